The van der Waals surface area contributed by atoms with E-state index in [0.29, 0.717) is 13.0 Å². The second-order valence-corrected chi connectivity index (χ2v) is 5.18. The second kappa shape index (κ2) is 6.76. The van der Waals surface area contributed by atoms with E-state index in [-0.39, 0.29) is 29.8 Å². The summed E-state index contributed by atoms with van der Waals surface area (Å²) in [7, 11) is 0. The van der Waals surface area contributed by atoms with Crippen molar-refractivity contribution in [3.05, 3.63) is 0 Å². The minimum Gasteiger partial charge on any atom is -0.344 e. The fourth-order valence-corrected chi connectivity index (χ4v) is 2.53. The van der Waals surface area contributed by atoms with E-state index in [4.69, 9.17) is 0 Å². The molecule has 18 heavy (non-hydrogen) atoms. The minimum absolute atomic E-state index is 0.00195. The number of carbonyl (C=O) groups excluding carboxylic acids is 2. The van der Waals surface area contributed by atoms with E-state index in [1.807, 2.05) is 11.8 Å². The van der Waals surface area contributed by atoms with E-state index in [0.717, 1.165) is 19.3 Å². The molecule has 0 aliphatic carbocycles. The Balaban J connectivity index is 2.92. The minimum atomic E-state index is -0.342. The monoisotopic (exact) mass is 254 g/mol. The predicted molar refractivity (Wildman–Crippen MR) is 72.1 cm³/mol. The van der Waals surface area contributed by atoms with Gasteiger partial charge in [0.25, 0.3) is 0 Å². The Morgan fingerprint density at radius 1 is 1.22 bits per heavy atom. The summed E-state index contributed by atoms with van der Waals surface area (Å²) in [6, 6.07) is -0.0812. The highest BCUT2D eigenvalue weighted by atomic mass is 16.2. The molecule has 2 atom stereocenters. The van der Waals surface area contributed by atoms with E-state index >= 15 is 0 Å². The first-order valence-corrected chi connectivity index (χ1v) is 7.14. The highest BCUT2D eigenvalue weighted by Crippen LogP contribution is 2.18. The van der Waals surface area contributed by atoms with Gasteiger partial charge in [-0.25, -0.2) is 0 Å². The normalized spacial score (nSPS) is 22.9. The third-order valence-corrected chi connectivity index (χ3v) is 4.04. The van der Waals surface area contributed by atoms with E-state index in [1.165, 1.54) is 0 Å². The van der Waals surface area contributed by atoms with Crippen LogP contribution in [0.15, 0.2) is 0 Å². The Labute approximate surface area is 110 Å². The Morgan fingerprint density at radius 2 is 1.83 bits per heavy atom. The summed E-state index contributed by atoms with van der Waals surface area (Å²) in [6.45, 7) is 8.83. The lowest BCUT2D eigenvalue weighted by Crippen LogP contribution is -2.51. The molecule has 104 valence electrons. The first-order valence-electron chi connectivity index (χ1n) is 7.14. The molecule has 1 aliphatic rings. The van der Waals surface area contributed by atoms with Crippen molar-refractivity contribution in [3.8, 4) is 0 Å². The Bertz CT molecular complexity index is 300. The molecule has 1 fully saturated rings. The third-order valence-electron chi connectivity index (χ3n) is 4.04. The molecule has 1 aliphatic heterocycles. The highest BCUT2D eigenvalue weighted by molar-refractivity contribution is 5.90. The van der Waals surface area contributed by atoms with Gasteiger partial charge in [-0.1, -0.05) is 34.1 Å². The smallest absolute Gasteiger partial charge is 0.245 e. The zero-order valence-corrected chi connectivity index (χ0v) is 12.0. The summed E-state index contributed by atoms with van der Waals surface area (Å²) in [5.74, 6) is 0.294. The molecule has 0 aromatic heterocycles. The Kier molecular flexibility index (Phi) is 5.63. The number of carbonyl (C=O) groups is 2. The number of hydrogen-bond acceptors (Lipinski definition) is 2. The largest absolute Gasteiger partial charge is 0.344 e. The lowest BCUT2D eigenvalue weighted by atomic mass is 9.97. The molecule has 4 heteroatoms. The van der Waals surface area contributed by atoms with Crippen LogP contribution in [0.2, 0.25) is 0 Å². The molecular weight excluding hydrogens is 228 g/mol. The van der Waals surface area contributed by atoms with Crippen molar-refractivity contribution in [2.75, 3.05) is 6.54 Å². The van der Waals surface area contributed by atoms with Crippen molar-refractivity contribution >= 4 is 11.8 Å². The molecule has 4 nitrogen and oxygen atoms in total. The van der Waals surface area contributed by atoms with Gasteiger partial charge in [-0.2, -0.15) is 0 Å². The van der Waals surface area contributed by atoms with Gasteiger partial charge in [-0.15, -0.1) is 0 Å². The van der Waals surface area contributed by atoms with Crippen LogP contribution in [0.3, 0.4) is 0 Å². The van der Waals surface area contributed by atoms with Crippen LogP contribution in [-0.4, -0.2) is 35.3 Å². The predicted octanol–water partition coefficient (Wildman–Crippen LogP) is 1.94. The highest BCUT2D eigenvalue weighted by Gasteiger charge is 2.35. The topological polar surface area (TPSA) is 49.4 Å². The van der Waals surface area contributed by atoms with Crippen LogP contribution < -0.4 is 5.32 Å². The maximum atomic E-state index is 12.6. The number of nitrogens with zero attached hydrogens (tertiary/aromatic N) is 1. The van der Waals surface area contributed by atoms with Gasteiger partial charge in [0.2, 0.25) is 11.8 Å². The molecule has 1 saturated heterocycles. The van der Waals surface area contributed by atoms with Crippen molar-refractivity contribution in [2.45, 2.75) is 65.5 Å². The number of hydrogen-bond donors (Lipinski definition) is 1. The van der Waals surface area contributed by atoms with Crippen LogP contribution in [0.5, 0.6) is 0 Å². The van der Waals surface area contributed by atoms with Gasteiger partial charge in [-0.3, -0.25) is 9.59 Å². The molecule has 0 spiro atoms. The van der Waals surface area contributed by atoms with Gasteiger partial charge in [0.05, 0.1) is 0 Å². The number of nitrogens with one attached hydrogen (secondary N) is 1. The van der Waals surface area contributed by atoms with E-state index in [2.05, 4.69) is 26.1 Å². The summed E-state index contributed by atoms with van der Waals surface area (Å²) in [6.07, 6.45) is 3.22. The van der Waals surface area contributed by atoms with Gasteiger partial charge < -0.3 is 10.2 Å². The number of amides is 2. The van der Waals surface area contributed by atoms with E-state index in [1.54, 1.807) is 0 Å². The van der Waals surface area contributed by atoms with Crippen molar-refractivity contribution < 1.29 is 9.59 Å². The third kappa shape index (κ3) is 3.24. The summed E-state index contributed by atoms with van der Waals surface area (Å²) >= 11 is 0. The van der Waals surface area contributed by atoms with Crippen LogP contribution in [0.1, 0.15) is 53.4 Å². The van der Waals surface area contributed by atoms with E-state index in [9.17, 15) is 9.59 Å². The average molecular weight is 254 g/mol. The van der Waals surface area contributed by atoms with Crippen LogP contribution in [0.25, 0.3) is 0 Å². The first-order chi connectivity index (χ1) is 8.54. The van der Waals surface area contributed by atoms with Crippen molar-refractivity contribution in [1.82, 2.24) is 10.2 Å². The van der Waals surface area contributed by atoms with Crippen LogP contribution in [0, 0.1) is 5.92 Å². The lowest BCUT2D eigenvalue weighted by Gasteiger charge is -2.32. The molecule has 0 aromatic rings. The molecular formula is C14H26N2O2. The maximum absolute atomic E-state index is 12.6. The Hall–Kier alpha value is -1.06. The summed E-state index contributed by atoms with van der Waals surface area (Å²) in [5, 5.41) is 2.88. The molecule has 2 unspecified atom stereocenters. The zero-order valence-electron chi connectivity index (χ0n) is 12.0. The van der Waals surface area contributed by atoms with E-state index < -0.39 is 0 Å². The second-order valence-electron chi connectivity index (χ2n) is 5.18. The van der Waals surface area contributed by atoms with Crippen LogP contribution in [-0.2, 0) is 9.59 Å². The van der Waals surface area contributed by atoms with Crippen molar-refractivity contribution in [3.63, 3.8) is 0 Å². The molecule has 1 heterocycles. The van der Waals surface area contributed by atoms with Crippen LogP contribution in [0.4, 0.5) is 0 Å². The molecule has 2 amide bonds. The van der Waals surface area contributed by atoms with Gasteiger partial charge in [0.1, 0.15) is 6.04 Å². The molecule has 0 aromatic carbocycles. The quantitative estimate of drug-likeness (QED) is 0.815. The number of rotatable bonds is 5. The average Bonchev–Trinajstić information content (AvgIpc) is 2.52. The molecule has 1 N–H and O–H groups in total. The van der Waals surface area contributed by atoms with Gasteiger partial charge in [-0.05, 0) is 18.8 Å². The fourth-order valence-electron chi connectivity index (χ4n) is 2.53. The Morgan fingerprint density at radius 3 is 2.33 bits per heavy atom. The molecule has 1 rings (SSSR count). The van der Waals surface area contributed by atoms with Gasteiger partial charge in [0.15, 0.2) is 0 Å². The van der Waals surface area contributed by atoms with Crippen molar-refractivity contribution in [2.24, 2.45) is 5.92 Å². The zero-order chi connectivity index (χ0) is 13.7. The lowest BCUT2D eigenvalue weighted by molar-refractivity contribution is -0.137. The van der Waals surface area contributed by atoms with Crippen LogP contribution >= 0.6 is 0 Å². The maximum Gasteiger partial charge on any atom is 0.245 e. The summed E-state index contributed by atoms with van der Waals surface area (Å²) < 4.78 is 0. The first kappa shape index (κ1) is 15.0. The summed E-state index contributed by atoms with van der Waals surface area (Å²) in [5.41, 5.74) is 0. The molecule has 0 saturated carbocycles. The molecule has 0 radical (unpaired) electrons. The standard InChI is InChI=1S/C14H26N2O2/c1-5-10(4)13-14(18)16(11(6-2)7-3)9-8-12(17)15-13/h10-11,13H,5-9H2,1-4H3,(H,15,17). The fraction of sp³-hybridized carbons (Fsp3) is 0.857. The van der Waals surface area contributed by atoms with Gasteiger partial charge >= 0.3 is 0 Å². The van der Waals surface area contributed by atoms with Gasteiger partial charge in [0, 0.05) is 19.0 Å². The van der Waals surface area contributed by atoms with Crippen molar-refractivity contribution in [1.29, 1.82) is 0 Å². The summed E-state index contributed by atoms with van der Waals surface area (Å²) in [4.78, 5) is 26.2. The molecule has 0 bridgehead atoms. The SMILES string of the molecule is CCC(C)C1NC(=O)CCN(C(CC)CC)C1=O.